The van der Waals surface area contributed by atoms with Gasteiger partial charge in [-0.3, -0.25) is 14.7 Å². The van der Waals surface area contributed by atoms with Crippen molar-refractivity contribution in [1.29, 1.82) is 0 Å². The maximum Gasteiger partial charge on any atom is 0.229 e. The molecule has 0 radical (unpaired) electrons. The number of aromatic nitrogens is 1. The van der Waals surface area contributed by atoms with Crippen LogP contribution in [0, 0.1) is 11.3 Å². The van der Waals surface area contributed by atoms with Crippen LogP contribution in [0.4, 0.5) is 5.69 Å². The second-order valence-corrected chi connectivity index (χ2v) is 7.37. The summed E-state index contributed by atoms with van der Waals surface area (Å²) < 4.78 is 5.59. The summed E-state index contributed by atoms with van der Waals surface area (Å²) in [5, 5.41) is 3.12. The molecule has 5 heteroatoms. The van der Waals surface area contributed by atoms with E-state index in [0.717, 1.165) is 57.1 Å². The van der Waals surface area contributed by atoms with Crippen molar-refractivity contribution >= 4 is 11.6 Å². The molecule has 3 heterocycles. The number of nitrogens with one attached hydrogen (secondary N) is 1. The first-order chi connectivity index (χ1) is 12.8. The zero-order valence-electron chi connectivity index (χ0n) is 14.9. The number of carbonyl (C=O) groups is 1. The fourth-order valence-corrected chi connectivity index (χ4v) is 4.31. The molecule has 1 unspecified atom stereocenters. The summed E-state index contributed by atoms with van der Waals surface area (Å²) in [5.74, 6) is 0.108. The van der Waals surface area contributed by atoms with E-state index in [4.69, 9.17) is 4.74 Å². The van der Waals surface area contributed by atoms with E-state index in [1.165, 1.54) is 0 Å². The first kappa shape index (κ1) is 17.2. The molecular formula is C21H25N3O2. The Morgan fingerprint density at radius 3 is 2.65 bits per heavy atom. The predicted octanol–water partition coefficient (Wildman–Crippen LogP) is 2.95. The SMILES string of the molecule is O=C(Nc1ccccc1)C1CN(Cc2ccccn2)CC12CCOCC2. The number of para-hydroxylation sites is 1. The van der Waals surface area contributed by atoms with E-state index in [-0.39, 0.29) is 17.2 Å². The maximum absolute atomic E-state index is 13.1. The van der Waals surface area contributed by atoms with Gasteiger partial charge < -0.3 is 10.1 Å². The number of benzene rings is 1. The van der Waals surface area contributed by atoms with Gasteiger partial charge in [-0.2, -0.15) is 0 Å². The second kappa shape index (κ2) is 7.56. The molecule has 2 aromatic rings. The zero-order valence-corrected chi connectivity index (χ0v) is 14.9. The summed E-state index contributed by atoms with van der Waals surface area (Å²) in [7, 11) is 0. The molecule has 2 fully saturated rings. The van der Waals surface area contributed by atoms with Crippen LogP contribution in [-0.2, 0) is 16.1 Å². The Labute approximate surface area is 154 Å². The van der Waals surface area contributed by atoms with Gasteiger partial charge in [-0.1, -0.05) is 24.3 Å². The highest BCUT2D eigenvalue weighted by atomic mass is 16.5. The second-order valence-electron chi connectivity index (χ2n) is 7.37. The average molecular weight is 351 g/mol. The number of hydrogen-bond donors (Lipinski definition) is 1. The molecule has 1 aromatic heterocycles. The van der Waals surface area contributed by atoms with Crippen molar-refractivity contribution < 1.29 is 9.53 Å². The van der Waals surface area contributed by atoms with Gasteiger partial charge in [-0.05, 0) is 37.1 Å². The normalized spacial score (nSPS) is 22.4. The largest absolute Gasteiger partial charge is 0.381 e. The minimum atomic E-state index is -0.0182. The number of likely N-dealkylation sites (tertiary alicyclic amines) is 1. The Balaban J connectivity index is 1.51. The van der Waals surface area contributed by atoms with Gasteiger partial charge in [0, 0.05) is 50.1 Å². The molecule has 2 aliphatic rings. The van der Waals surface area contributed by atoms with E-state index in [9.17, 15) is 4.79 Å². The van der Waals surface area contributed by atoms with Gasteiger partial charge in [0.05, 0.1) is 11.6 Å². The lowest BCUT2D eigenvalue weighted by Gasteiger charge is -2.37. The Bertz CT molecular complexity index is 729. The third-order valence-electron chi connectivity index (χ3n) is 5.68. The van der Waals surface area contributed by atoms with Gasteiger partial charge in [-0.25, -0.2) is 0 Å². The summed E-state index contributed by atoms with van der Waals surface area (Å²) in [4.78, 5) is 19.9. The van der Waals surface area contributed by atoms with E-state index in [1.54, 1.807) is 0 Å². The highest BCUT2D eigenvalue weighted by Gasteiger charge is 2.50. The summed E-state index contributed by atoms with van der Waals surface area (Å²) in [6, 6.07) is 15.7. The van der Waals surface area contributed by atoms with Crippen molar-refractivity contribution in [2.75, 3.05) is 31.6 Å². The number of nitrogens with zero attached hydrogens (tertiary/aromatic N) is 2. The number of pyridine rings is 1. The lowest BCUT2D eigenvalue weighted by atomic mass is 9.71. The number of ether oxygens (including phenoxy) is 1. The van der Waals surface area contributed by atoms with E-state index in [0.29, 0.717) is 0 Å². The Morgan fingerprint density at radius 2 is 1.92 bits per heavy atom. The molecule has 1 atom stereocenters. The van der Waals surface area contributed by atoms with Crippen LogP contribution in [0.3, 0.4) is 0 Å². The van der Waals surface area contributed by atoms with Gasteiger partial charge in [0.25, 0.3) is 0 Å². The lowest BCUT2D eigenvalue weighted by Crippen LogP contribution is -2.42. The summed E-state index contributed by atoms with van der Waals surface area (Å²) in [6.07, 6.45) is 3.71. The van der Waals surface area contributed by atoms with Gasteiger partial charge in [0.1, 0.15) is 0 Å². The monoisotopic (exact) mass is 351 g/mol. The quantitative estimate of drug-likeness (QED) is 0.920. The molecule has 2 saturated heterocycles. The Hall–Kier alpha value is -2.24. The molecule has 5 nitrogen and oxygen atoms in total. The topological polar surface area (TPSA) is 54.5 Å². The highest BCUT2D eigenvalue weighted by Crippen LogP contribution is 2.45. The van der Waals surface area contributed by atoms with E-state index in [2.05, 4.69) is 15.2 Å². The summed E-state index contributed by atoms with van der Waals surface area (Å²) >= 11 is 0. The summed E-state index contributed by atoms with van der Waals surface area (Å²) in [6.45, 7) is 3.98. The fraction of sp³-hybridized carbons (Fsp3) is 0.429. The Morgan fingerprint density at radius 1 is 1.15 bits per heavy atom. The molecule has 0 bridgehead atoms. The van der Waals surface area contributed by atoms with Crippen LogP contribution in [0.15, 0.2) is 54.7 Å². The molecule has 2 aliphatic heterocycles. The highest BCUT2D eigenvalue weighted by molar-refractivity contribution is 5.93. The average Bonchev–Trinajstić information content (AvgIpc) is 3.01. The van der Waals surface area contributed by atoms with Crippen molar-refractivity contribution in [2.45, 2.75) is 19.4 Å². The van der Waals surface area contributed by atoms with E-state index in [1.807, 2.05) is 54.7 Å². The lowest BCUT2D eigenvalue weighted by molar-refractivity contribution is -0.124. The van der Waals surface area contributed by atoms with Crippen molar-refractivity contribution in [3.8, 4) is 0 Å². The fourth-order valence-electron chi connectivity index (χ4n) is 4.31. The number of amides is 1. The van der Waals surface area contributed by atoms with Crippen LogP contribution in [0.25, 0.3) is 0 Å². The van der Waals surface area contributed by atoms with E-state index >= 15 is 0 Å². The number of rotatable bonds is 4. The first-order valence-electron chi connectivity index (χ1n) is 9.31. The van der Waals surface area contributed by atoms with Crippen molar-refractivity contribution in [3.05, 3.63) is 60.4 Å². The zero-order chi connectivity index (χ0) is 17.8. The van der Waals surface area contributed by atoms with Crippen LogP contribution >= 0.6 is 0 Å². The van der Waals surface area contributed by atoms with Crippen molar-refractivity contribution in [1.82, 2.24) is 9.88 Å². The Kier molecular flexibility index (Phi) is 5.00. The minimum absolute atomic E-state index is 0.00585. The molecule has 4 rings (SSSR count). The molecule has 1 spiro atoms. The number of anilines is 1. The molecular weight excluding hydrogens is 326 g/mol. The number of carbonyl (C=O) groups excluding carboxylic acids is 1. The van der Waals surface area contributed by atoms with Crippen molar-refractivity contribution in [3.63, 3.8) is 0 Å². The van der Waals surface area contributed by atoms with Crippen molar-refractivity contribution in [2.24, 2.45) is 11.3 Å². The molecule has 1 N–H and O–H groups in total. The first-order valence-corrected chi connectivity index (χ1v) is 9.31. The molecule has 1 amide bonds. The standard InChI is InChI=1S/C21H25N3O2/c25-20(23-17-6-2-1-3-7-17)19-15-24(14-18-8-4-5-11-22-18)16-21(19)9-12-26-13-10-21/h1-8,11,19H,9-10,12-16H2,(H,23,25). The van der Waals surface area contributed by atoms with Gasteiger partial charge in [-0.15, -0.1) is 0 Å². The third kappa shape index (κ3) is 3.64. The van der Waals surface area contributed by atoms with Gasteiger partial charge in [0.2, 0.25) is 5.91 Å². The molecule has 0 saturated carbocycles. The molecule has 1 aromatic carbocycles. The van der Waals surface area contributed by atoms with Crippen LogP contribution in [0.2, 0.25) is 0 Å². The minimum Gasteiger partial charge on any atom is -0.381 e. The van der Waals surface area contributed by atoms with Gasteiger partial charge in [0.15, 0.2) is 0 Å². The molecule has 0 aliphatic carbocycles. The third-order valence-corrected chi connectivity index (χ3v) is 5.68. The molecule has 26 heavy (non-hydrogen) atoms. The molecule has 136 valence electrons. The van der Waals surface area contributed by atoms with Crippen LogP contribution in [0.5, 0.6) is 0 Å². The van der Waals surface area contributed by atoms with Crippen LogP contribution in [-0.4, -0.2) is 42.1 Å². The predicted molar refractivity (Wildman–Crippen MR) is 101 cm³/mol. The number of hydrogen-bond acceptors (Lipinski definition) is 4. The van der Waals surface area contributed by atoms with Crippen LogP contribution < -0.4 is 5.32 Å². The summed E-state index contributed by atoms with van der Waals surface area (Å²) in [5.41, 5.74) is 1.92. The van der Waals surface area contributed by atoms with E-state index < -0.39 is 0 Å². The van der Waals surface area contributed by atoms with Crippen LogP contribution in [0.1, 0.15) is 18.5 Å². The van der Waals surface area contributed by atoms with Gasteiger partial charge >= 0.3 is 0 Å². The maximum atomic E-state index is 13.1. The smallest absolute Gasteiger partial charge is 0.229 e.